The zero-order chi connectivity index (χ0) is 18.3. The summed E-state index contributed by atoms with van der Waals surface area (Å²) in [5, 5.41) is 6.89. The van der Waals surface area contributed by atoms with Crippen LogP contribution in [0.3, 0.4) is 0 Å². The van der Waals surface area contributed by atoms with Gasteiger partial charge in [-0.25, -0.2) is 0 Å². The van der Waals surface area contributed by atoms with Crippen molar-refractivity contribution in [3.05, 3.63) is 0 Å². The number of amides is 1. The number of rotatable bonds is 7. The number of hydrogen-bond donors (Lipinski definition) is 1. The van der Waals surface area contributed by atoms with Crippen molar-refractivity contribution in [1.29, 1.82) is 0 Å². The van der Waals surface area contributed by atoms with Crippen molar-refractivity contribution in [3.8, 4) is 0 Å². The predicted octanol–water partition coefficient (Wildman–Crippen LogP) is 0.311. The maximum Gasteiger partial charge on any atom is 0.290 e. The summed E-state index contributed by atoms with van der Waals surface area (Å²) < 4.78 is 15.8. The van der Waals surface area contributed by atoms with E-state index in [1.807, 2.05) is 0 Å². The summed E-state index contributed by atoms with van der Waals surface area (Å²) in [7, 11) is 1.68. The molecule has 2 aliphatic heterocycles. The van der Waals surface area contributed by atoms with Gasteiger partial charge in [-0.3, -0.25) is 14.5 Å². The molecule has 2 fully saturated rings. The largest absolute Gasteiger partial charge is 0.483 e. The summed E-state index contributed by atoms with van der Waals surface area (Å²) in [5.41, 5.74) is 0. The van der Waals surface area contributed by atoms with Crippen molar-refractivity contribution in [2.24, 2.45) is 5.92 Å². The summed E-state index contributed by atoms with van der Waals surface area (Å²) >= 11 is 0. The van der Waals surface area contributed by atoms with Gasteiger partial charge in [-0.15, -0.1) is 0 Å². The topological polar surface area (TPSA) is 88.5 Å². The van der Waals surface area contributed by atoms with Crippen LogP contribution in [0, 0.1) is 5.92 Å². The van der Waals surface area contributed by atoms with E-state index >= 15 is 0 Å². The fourth-order valence-corrected chi connectivity index (χ4v) is 3.06. The van der Waals surface area contributed by atoms with E-state index in [4.69, 9.17) is 24.1 Å². The maximum atomic E-state index is 12.6. The Balaban J connectivity index is 0.000000970. The first kappa shape index (κ1) is 21.8. The van der Waals surface area contributed by atoms with Crippen LogP contribution in [0.15, 0.2) is 0 Å². The van der Waals surface area contributed by atoms with E-state index in [1.165, 1.54) is 0 Å². The highest BCUT2D eigenvalue weighted by Gasteiger charge is 2.27. The second kappa shape index (κ2) is 14.0. The minimum Gasteiger partial charge on any atom is -0.483 e. The zero-order valence-electron chi connectivity index (χ0n) is 15.2. The Morgan fingerprint density at radius 2 is 1.88 bits per heavy atom. The Morgan fingerprint density at radius 1 is 1.16 bits per heavy atom. The Hall–Kier alpha value is -1.22. The standard InChI is InChI=1S/C16H30N2O4.CH2O2/c1-20-13-14-22-12-9-17-5-2-6-18(8-7-17)16(19)15-3-10-21-11-4-15;2-1-3/h15H,2-14H2,1H3;1H,(H,2,3). The van der Waals surface area contributed by atoms with Gasteiger partial charge >= 0.3 is 0 Å². The van der Waals surface area contributed by atoms with Gasteiger partial charge in [0, 0.05) is 52.4 Å². The van der Waals surface area contributed by atoms with Crippen LogP contribution in [0.1, 0.15) is 19.3 Å². The quantitative estimate of drug-likeness (QED) is 0.516. The molecule has 0 aromatic rings. The molecular weight excluding hydrogens is 328 g/mol. The van der Waals surface area contributed by atoms with Crippen molar-refractivity contribution in [3.63, 3.8) is 0 Å². The second-order valence-electron chi connectivity index (χ2n) is 6.12. The van der Waals surface area contributed by atoms with Crippen LogP contribution in [-0.4, -0.2) is 100 Å². The van der Waals surface area contributed by atoms with Crippen molar-refractivity contribution in [2.75, 3.05) is 72.9 Å². The molecule has 25 heavy (non-hydrogen) atoms. The van der Waals surface area contributed by atoms with Gasteiger partial charge in [-0.05, 0) is 25.8 Å². The maximum absolute atomic E-state index is 12.6. The normalized spacial score (nSPS) is 19.6. The van der Waals surface area contributed by atoms with Crippen LogP contribution >= 0.6 is 0 Å². The van der Waals surface area contributed by atoms with Crippen molar-refractivity contribution in [1.82, 2.24) is 9.80 Å². The lowest BCUT2D eigenvalue weighted by molar-refractivity contribution is -0.138. The predicted molar refractivity (Wildman–Crippen MR) is 92.6 cm³/mol. The molecule has 8 nitrogen and oxygen atoms in total. The molecule has 0 spiro atoms. The number of nitrogens with zero attached hydrogens (tertiary/aromatic N) is 2. The first-order valence-corrected chi connectivity index (χ1v) is 8.96. The third-order valence-electron chi connectivity index (χ3n) is 4.45. The number of carbonyl (C=O) groups is 2. The minimum absolute atomic E-state index is 0.178. The van der Waals surface area contributed by atoms with Gasteiger partial charge in [-0.1, -0.05) is 0 Å². The molecule has 0 aromatic carbocycles. The van der Waals surface area contributed by atoms with Crippen molar-refractivity contribution in [2.45, 2.75) is 19.3 Å². The van der Waals surface area contributed by atoms with Crippen molar-refractivity contribution < 1.29 is 28.9 Å². The molecule has 0 aromatic heterocycles. The molecule has 0 atom stereocenters. The molecule has 0 aliphatic carbocycles. The summed E-state index contributed by atoms with van der Waals surface area (Å²) in [5.74, 6) is 0.513. The SMILES string of the molecule is COCCOCCN1CCCN(C(=O)C2CCOCC2)CC1.O=CO. The molecule has 2 aliphatic rings. The fourth-order valence-electron chi connectivity index (χ4n) is 3.06. The Morgan fingerprint density at radius 3 is 2.56 bits per heavy atom. The lowest BCUT2D eigenvalue weighted by Gasteiger charge is -2.28. The molecule has 1 N–H and O–H groups in total. The van der Waals surface area contributed by atoms with E-state index in [-0.39, 0.29) is 12.4 Å². The van der Waals surface area contributed by atoms with Crippen molar-refractivity contribution >= 4 is 12.4 Å². The summed E-state index contributed by atoms with van der Waals surface area (Å²) in [4.78, 5) is 25.4. The molecule has 1 amide bonds. The first-order valence-electron chi connectivity index (χ1n) is 8.96. The summed E-state index contributed by atoms with van der Waals surface area (Å²) in [6.07, 6.45) is 2.81. The zero-order valence-corrected chi connectivity index (χ0v) is 15.2. The average molecular weight is 360 g/mol. The molecule has 2 heterocycles. The first-order chi connectivity index (χ1) is 12.2. The molecule has 2 rings (SSSR count). The van der Waals surface area contributed by atoms with Crippen LogP contribution in [0.4, 0.5) is 0 Å². The Kier molecular flexibility index (Phi) is 12.2. The molecular formula is C17H32N2O6. The second-order valence-corrected chi connectivity index (χ2v) is 6.12. The molecule has 2 saturated heterocycles. The van der Waals surface area contributed by atoms with Crippen LogP contribution in [-0.2, 0) is 23.8 Å². The molecule has 8 heteroatoms. The Labute approximate surface area is 150 Å². The third-order valence-corrected chi connectivity index (χ3v) is 4.45. The van der Waals surface area contributed by atoms with Gasteiger partial charge in [0.2, 0.25) is 5.91 Å². The minimum atomic E-state index is -0.250. The molecule has 0 bridgehead atoms. The van der Waals surface area contributed by atoms with Crippen LogP contribution in [0.2, 0.25) is 0 Å². The number of methoxy groups -OCH3 is 1. The smallest absolute Gasteiger partial charge is 0.290 e. The Bertz CT molecular complexity index is 363. The lowest BCUT2D eigenvalue weighted by atomic mass is 9.98. The third kappa shape index (κ3) is 9.15. The van der Waals surface area contributed by atoms with Gasteiger partial charge in [0.25, 0.3) is 6.47 Å². The lowest BCUT2D eigenvalue weighted by Crippen LogP contribution is -2.41. The van der Waals surface area contributed by atoms with E-state index in [1.54, 1.807) is 7.11 Å². The highest BCUT2D eigenvalue weighted by molar-refractivity contribution is 5.79. The van der Waals surface area contributed by atoms with Crippen LogP contribution in [0.5, 0.6) is 0 Å². The van der Waals surface area contributed by atoms with E-state index in [0.717, 1.165) is 71.8 Å². The number of hydrogen-bond acceptors (Lipinski definition) is 6. The molecule has 0 saturated carbocycles. The summed E-state index contributed by atoms with van der Waals surface area (Å²) in [6.45, 7) is 7.90. The van der Waals surface area contributed by atoms with E-state index < -0.39 is 0 Å². The van der Waals surface area contributed by atoms with Gasteiger partial charge in [0.05, 0.1) is 19.8 Å². The van der Waals surface area contributed by atoms with E-state index in [9.17, 15) is 4.79 Å². The van der Waals surface area contributed by atoms with E-state index in [2.05, 4.69) is 9.80 Å². The van der Waals surface area contributed by atoms with Crippen LogP contribution in [0.25, 0.3) is 0 Å². The van der Waals surface area contributed by atoms with E-state index in [0.29, 0.717) is 19.1 Å². The fraction of sp³-hybridized carbons (Fsp3) is 0.882. The molecule has 146 valence electrons. The molecule has 0 unspecified atom stereocenters. The van der Waals surface area contributed by atoms with Crippen LogP contribution < -0.4 is 0 Å². The number of carboxylic acid groups (broad SMARTS) is 1. The van der Waals surface area contributed by atoms with Gasteiger partial charge in [0.15, 0.2) is 0 Å². The molecule has 0 radical (unpaired) electrons. The van der Waals surface area contributed by atoms with Gasteiger partial charge in [0.1, 0.15) is 0 Å². The number of ether oxygens (including phenoxy) is 3. The highest BCUT2D eigenvalue weighted by Crippen LogP contribution is 2.18. The highest BCUT2D eigenvalue weighted by atomic mass is 16.5. The number of carbonyl (C=O) groups excluding carboxylic acids is 1. The van der Waals surface area contributed by atoms with Gasteiger partial charge < -0.3 is 24.2 Å². The van der Waals surface area contributed by atoms with Gasteiger partial charge in [-0.2, -0.15) is 0 Å². The summed E-state index contributed by atoms with van der Waals surface area (Å²) in [6, 6.07) is 0. The monoisotopic (exact) mass is 360 g/mol. The average Bonchev–Trinajstić information content (AvgIpc) is 2.88.